The Hall–Kier alpha value is -4.00. The molecule has 0 aliphatic heterocycles. The van der Waals surface area contributed by atoms with Gasteiger partial charge in [-0.15, -0.1) is 0 Å². The molecule has 1 aromatic heterocycles. The Morgan fingerprint density at radius 1 is 0.903 bits per heavy atom. The van der Waals surface area contributed by atoms with Crippen LogP contribution in [0.3, 0.4) is 0 Å². The van der Waals surface area contributed by atoms with Gasteiger partial charge in [0.1, 0.15) is 24.8 Å². The third-order valence-electron chi connectivity index (χ3n) is 4.69. The van der Waals surface area contributed by atoms with E-state index in [4.69, 9.17) is 18.9 Å². The molecule has 1 N–H and O–H groups in total. The highest BCUT2D eigenvalue weighted by molar-refractivity contribution is 5.89. The van der Waals surface area contributed by atoms with Crippen molar-refractivity contribution in [1.29, 1.82) is 0 Å². The normalized spacial score (nSPS) is 10.6. The second-order valence-electron chi connectivity index (χ2n) is 6.68. The van der Waals surface area contributed by atoms with Gasteiger partial charge in [0.2, 0.25) is 0 Å². The Morgan fingerprint density at radius 2 is 1.74 bits per heavy atom. The minimum atomic E-state index is -0.407. The molecule has 3 aromatic carbocycles. The van der Waals surface area contributed by atoms with Gasteiger partial charge in [0.05, 0.1) is 30.8 Å². The summed E-state index contributed by atoms with van der Waals surface area (Å²) in [4.78, 5) is 19.5. The maximum Gasteiger partial charge on any atom is 0.337 e. The summed E-state index contributed by atoms with van der Waals surface area (Å²) in [5, 5.41) is 0. The number of carbonyl (C=O) groups is 1. The zero-order chi connectivity index (χ0) is 21.6. The number of fused-ring (bicyclic) bond motifs is 1. The molecule has 0 bridgehead atoms. The Labute approximate surface area is 179 Å². The monoisotopic (exact) mass is 418 g/mol. The molecule has 1 heterocycles. The molecule has 0 saturated heterocycles. The minimum absolute atomic E-state index is 0.305. The first-order chi connectivity index (χ1) is 15.2. The van der Waals surface area contributed by atoms with Crippen LogP contribution < -0.4 is 14.2 Å². The minimum Gasteiger partial charge on any atom is -0.493 e. The number of aromatic amines is 1. The van der Waals surface area contributed by atoms with Crippen molar-refractivity contribution in [1.82, 2.24) is 9.97 Å². The fourth-order valence-corrected chi connectivity index (χ4v) is 3.17. The van der Waals surface area contributed by atoms with Crippen LogP contribution in [0.25, 0.3) is 22.4 Å². The summed E-state index contributed by atoms with van der Waals surface area (Å²) >= 11 is 0. The van der Waals surface area contributed by atoms with Gasteiger partial charge in [-0.2, -0.15) is 0 Å². The van der Waals surface area contributed by atoms with Crippen LogP contribution in [0.15, 0.2) is 66.7 Å². The number of H-pyrrole nitrogens is 1. The van der Waals surface area contributed by atoms with E-state index in [1.807, 2.05) is 42.5 Å². The van der Waals surface area contributed by atoms with Crippen molar-refractivity contribution in [2.24, 2.45) is 0 Å². The van der Waals surface area contributed by atoms with E-state index < -0.39 is 5.97 Å². The van der Waals surface area contributed by atoms with Gasteiger partial charge >= 0.3 is 5.97 Å². The molecule has 7 nitrogen and oxygen atoms in total. The summed E-state index contributed by atoms with van der Waals surface area (Å²) in [6, 6.07) is 20.3. The van der Waals surface area contributed by atoms with E-state index >= 15 is 0 Å². The van der Waals surface area contributed by atoms with Gasteiger partial charge in [-0.3, -0.25) is 0 Å². The van der Waals surface area contributed by atoms with Gasteiger partial charge in [0.15, 0.2) is 11.5 Å². The molecule has 158 valence electrons. The lowest BCUT2D eigenvalue weighted by Gasteiger charge is -2.12. The lowest BCUT2D eigenvalue weighted by Crippen LogP contribution is -2.10. The molecule has 0 aliphatic rings. The zero-order valence-corrected chi connectivity index (χ0v) is 17.3. The van der Waals surface area contributed by atoms with Crippen molar-refractivity contribution < 1.29 is 23.7 Å². The van der Waals surface area contributed by atoms with E-state index in [1.165, 1.54) is 7.11 Å². The molecule has 7 heteroatoms. The summed E-state index contributed by atoms with van der Waals surface area (Å²) in [6.45, 7) is 0.613. The molecule has 31 heavy (non-hydrogen) atoms. The molecular weight excluding hydrogens is 396 g/mol. The topological polar surface area (TPSA) is 82.7 Å². The van der Waals surface area contributed by atoms with Crippen molar-refractivity contribution in [3.63, 3.8) is 0 Å². The summed E-state index contributed by atoms with van der Waals surface area (Å²) in [7, 11) is 2.94. The van der Waals surface area contributed by atoms with Crippen molar-refractivity contribution >= 4 is 17.0 Å². The number of hydrogen-bond donors (Lipinski definition) is 1. The number of hydrogen-bond acceptors (Lipinski definition) is 6. The Morgan fingerprint density at radius 3 is 2.55 bits per heavy atom. The van der Waals surface area contributed by atoms with Gasteiger partial charge in [0, 0.05) is 5.56 Å². The first-order valence-corrected chi connectivity index (χ1v) is 9.75. The molecule has 0 spiro atoms. The third-order valence-corrected chi connectivity index (χ3v) is 4.69. The molecule has 0 saturated carbocycles. The largest absolute Gasteiger partial charge is 0.493 e. The number of esters is 1. The molecule has 0 atom stereocenters. The van der Waals surface area contributed by atoms with Crippen molar-refractivity contribution in [3.05, 3.63) is 72.3 Å². The molecule has 0 fully saturated rings. The summed E-state index contributed by atoms with van der Waals surface area (Å²) in [5.41, 5.74) is 3.22. The second kappa shape index (κ2) is 9.21. The SMILES string of the molecule is COC(=O)c1cccc(OCCOc2ccc(-c3nc4ccccc4[nH]3)cc2OC)c1. The van der Waals surface area contributed by atoms with Crippen molar-refractivity contribution in [2.75, 3.05) is 27.4 Å². The summed E-state index contributed by atoms with van der Waals surface area (Å²) in [6.07, 6.45) is 0. The number of para-hydroxylation sites is 2. The van der Waals surface area contributed by atoms with Gasteiger partial charge in [-0.05, 0) is 48.5 Å². The summed E-state index contributed by atoms with van der Waals surface area (Å²) in [5.74, 6) is 2.13. The number of aromatic nitrogens is 2. The highest BCUT2D eigenvalue weighted by Crippen LogP contribution is 2.32. The van der Waals surface area contributed by atoms with Crippen LogP contribution in [0, 0.1) is 0 Å². The number of nitrogens with one attached hydrogen (secondary N) is 1. The highest BCUT2D eigenvalue weighted by Gasteiger charge is 2.11. The molecule has 4 rings (SSSR count). The van der Waals surface area contributed by atoms with E-state index in [0.29, 0.717) is 36.0 Å². The van der Waals surface area contributed by atoms with Gasteiger partial charge in [0.25, 0.3) is 0 Å². The molecule has 0 amide bonds. The third kappa shape index (κ3) is 4.61. The van der Waals surface area contributed by atoms with E-state index in [9.17, 15) is 4.79 Å². The maximum absolute atomic E-state index is 11.6. The Balaban J connectivity index is 1.39. The Bertz CT molecular complexity index is 1170. The van der Waals surface area contributed by atoms with E-state index in [1.54, 1.807) is 31.4 Å². The van der Waals surface area contributed by atoms with Crippen LogP contribution in [0.1, 0.15) is 10.4 Å². The van der Waals surface area contributed by atoms with Gasteiger partial charge in [-0.25, -0.2) is 9.78 Å². The molecule has 0 aliphatic carbocycles. The highest BCUT2D eigenvalue weighted by atomic mass is 16.5. The quantitative estimate of drug-likeness (QED) is 0.336. The fourth-order valence-electron chi connectivity index (χ4n) is 3.17. The summed E-state index contributed by atoms with van der Waals surface area (Å²) < 4.78 is 21.7. The number of benzene rings is 3. The number of nitrogens with zero attached hydrogens (tertiary/aromatic N) is 1. The van der Waals surface area contributed by atoms with Gasteiger partial charge < -0.3 is 23.9 Å². The number of rotatable bonds is 8. The molecule has 0 unspecified atom stereocenters. The zero-order valence-electron chi connectivity index (χ0n) is 17.3. The fraction of sp³-hybridized carbons (Fsp3) is 0.167. The molecule has 0 radical (unpaired) electrons. The Kier molecular flexibility index (Phi) is 6.03. The average Bonchev–Trinajstić information content (AvgIpc) is 3.26. The number of imidazole rings is 1. The lowest BCUT2D eigenvalue weighted by molar-refractivity contribution is 0.0600. The van der Waals surface area contributed by atoms with Crippen molar-refractivity contribution in [3.8, 4) is 28.6 Å². The lowest BCUT2D eigenvalue weighted by atomic mass is 10.2. The van der Waals surface area contributed by atoms with Crippen LogP contribution in [-0.4, -0.2) is 43.4 Å². The van der Waals surface area contributed by atoms with Gasteiger partial charge in [-0.1, -0.05) is 18.2 Å². The predicted octanol–water partition coefficient (Wildman–Crippen LogP) is 4.48. The second-order valence-corrected chi connectivity index (χ2v) is 6.68. The van der Waals surface area contributed by atoms with Crippen LogP contribution in [0.2, 0.25) is 0 Å². The van der Waals surface area contributed by atoms with E-state index in [0.717, 1.165) is 22.4 Å². The molecule has 4 aromatic rings. The molecular formula is C24H22N2O5. The van der Waals surface area contributed by atoms with Crippen LogP contribution in [0.5, 0.6) is 17.2 Å². The first kappa shape index (κ1) is 20.3. The van der Waals surface area contributed by atoms with Crippen LogP contribution >= 0.6 is 0 Å². The van der Waals surface area contributed by atoms with Crippen LogP contribution in [-0.2, 0) is 4.74 Å². The number of methoxy groups -OCH3 is 2. The predicted molar refractivity (Wildman–Crippen MR) is 117 cm³/mol. The van der Waals surface area contributed by atoms with E-state index in [-0.39, 0.29) is 0 Å². The first-order valence-electron chi connectivity index (χ1n) is 9.75. The standard InChI is InChI=1S/C24H22N2O5/c1-28-22-15-16(23-25-19-8-3-4-9-20(19)26-23)10-11-21(22)31-13-12-30-18-7-5-6-17(14-18)24(27)29-2/h3-11,14-15H,12-13H2,1-2H3,(H,25,26). The van der Waals surface area contributed by atoms with Crippen molar-refractivity contribution in [2.45, 2.75) is 0 Å². The smallest absolute Gasteiger partial charge is 0.337 e. The average molecular weight is 418 g/mol. The maximum atomic E-state index is 11.6. The van der Waals surface area contributed by atoms with E-state index in [2.05, 4.69) is 9.97 Å². The van der Waals surface area contributed by atoms with Crippen LogP contribution in [0.4, 0.5) is 0 Å². The number of ether oxygens (including phenoxy) is 4. The number of carbonyl (C=O) groups excluding carboxylic acids is 1.